The van der Waals surface area contributed by atoms with Crippen LogP contribution in [0.1, 0.15) is 219 Å². The molecule has 0 amide bonds. The molecule has 0 aromatic heterocycles. The van der Waals surface area contributed by atoms with Gasteiger partial charge < -0.3 is 4.52 Å². The summed E-state index contributed by atoms with van der Waals surface area (Å²) in [6, 6.07) is 0. The Morgan fingerprint density at radius 3 is 0.932 bits per heavy atom. The predicted octanol–water partition coefficient (Wildman–Crippen LogP) is 13.9. The molecule has 0 aliphatic carbocycles. The van der Waals surface area contributed by atoms with Gasteiger partial charge in [0.25, 0.3) is 0 Å². The maximum atomic E-state index is 13.7. The molecule has 0 N–H and O–H groups in total. The maximum Gasteiger partial charge on any atom is 0.345 e. The zero-order valence-electron chi connectivity index (χ0n) is 30.6. The smallest absolute Gasteiger partial charge is 0.305 e. The van der Waals surface area contributed by atoms with Gasteiger partial charge in [-0.2, -0.15) is 0 Å². The quantitative estimate of drug-likeness (QED) is 0.0510. The van der Waals surface area contributed by atoms with Crippen LogP contribution in [0.25, 0.3) is 0 Å². The van der Waals surface area contributed by atoms with Crippen molar-refractivity contribution in [1.29, 1.82) is 0 Å². The minimum Gasteiger partial charge on any atom is -0.305 e. The van der Waals surface area contributed by atoms with E-state index in [1.807, 2.05) is 11.7 Å². The third kappa shape index (κ3) is 23.4. The standard InChI is InChI=1S/C39H81N2O2P/c1-4-6-8-10-12-14-16-18-20-22-24-26-28-30-32-34-36-41(44(42)40(3)38-39-43-44)37-35-33-31-29-27-25-23-21-19-17-15-13-11-9-7-5-2/h4-39H2,1-3H3. The summed E-state index contributed by atoms with van der Waals surface area (Å²) >= 11 is 0. The van der Waals surface area contributed by atoms with E-state index in [2.05, 4.69) is 18.5 Å². The highest BCUT2D eigenvalue weighted by atomic mass is 31.2. The fourth-order valence-corrected chi connectivity index (χ4v) is 9.10. The van der Waals surface area contributed by atoms with Crippen molar-refractivity contribution in [2.24, 2.45) is 0 Å². The van der Waals surface area contributed by atoms with Gasteiger partial charge in [0.05, 0.1) is 6.61 Å². The van der Waals surface area contributed by atoms with Crippen LogP contribution in [0.3, 0.4) is 0 Å². The minimum atomic E-state index is -2.78. The topological polar surface area (TPSA) is 32.8 Å². The summed E-state index contributed by atoms with van der Waals surface area (Å²) in [5, 5.41) is 0. The first-order chi connectivity index (χ1) is 21.6. The third-order valence-electron chi connectivity index (χ3n) is 10.0. The molecule has 0 aromatic rings. The SMILES string of the molecule is CCCCCCCCCCCCCCCCCCN(CCCCCCCCCCCCCCCCCC)P1(=O)OCCN1C. The predicted molar refractivity (Wildman–Crippen MR) is 197 cm³/mol. The van der Waals surface area contributed by atoms with Crippen LogP contribution in [-0.4, -0.2) is 42.6 Å². The van der Waals surface area contributed by atoms with E-state index in [0.717, 1.165) is 32.5 Å². The van der Waals surface area contributed by atoms with E-state index in [-0.39, 0.29) is 0 Å². The molecule has 1 heterocycles. The largest absolute Gasteiger partial charge is 0.345 e. The van der Waals surface area contributed by atoms with Crippen molar-refractivity contribution in [3.63, 3.8) is 0 Å². The molecule has 0 aromatic carbocycles. The van der Waals surface area contributed by atoms with Crippen LogP contribution in [0.4, 0.5) is 0 Å². The van der Waals surface area contributed by atoms with Crippen molar-refractivity contribution < 1.29 is 9.09 Å². The molecule has 1 aliphatic rings. The molecule has 1 unspecified atom stereocenters. The number of nitrogens with zero attached hydrogens (tertiary/aromatic N) is 2. The van der Waals surface area contributed by atoms with Gasteiger partial charge in [0.2, 0.25) is 0 Å². The molecule has 44 heavy (non-hydrogen) atoms. The van der Waals surface area contributed by atoms with Crippen LogP contribution in [0.2, 0.25) is 0 Å². The Balaban J connectivity index is 2.01. The zero-order chi connectivity index (χ0) is 31.8. The molecule has 1 saturated heterocycles. The van der Waals surface area contributed by atoms with Gasteiger partial charge in [-0.1, -0.05) is 206 Å². The summed E-state index contributed by atoms with van der Waals surface area (Å²) in [5.41, 5.74) is 0. The second-order valence-corrected chi connectivity index (χ2v) is 16.8. The molecular formula is C39H81N2O2P. The van der Waals surface area contributed by atoms with E-state index in [9.17, 15) is 4.57 Å². The number of hydrogen-bond donors (Lipinski definition) is 0. The number of rotatable bonds is 35. The molecule has 0 bridgehead atoms. The molecule has 0 saturated carbocycles. The summed E-state index contributed by atoms with van der Waals surface area (Å²) in [7, 11) is -0.796. The molecule has 5 heteroatoms. The fraction of sp³-hybridized carbons (Fsp3) is 1.00. The van der Waals surface area contributed by atoms with Gasteiger partial charge in [-0.3, -0.25) is 4.57 Å². The van der Waals surface area contributed by atoms with Crippen LogP contribution in [0.15, 0.2) is 0 Å². The van der Waals surface area contributed by atoms with Gasteiger partial charge in [0.1, 0.15) is 0 Å². The van der Waals surface area contributed by atoms with E-state index in [0.29, 0.717) is 6.61 Å². The number of likely N-dealkylation sites (N-methyl/N-ethyl adjacent to an activating group) is 1. The Kier molecular flexibility index (Phi) is 30.4. The molecule has 1 rings (SSSR count). The lowest BCUT2D eigenvalue weighted by Crippen LogP contribution is -2.28. The molecule has 4 nitrogen and oxygen atoms in total. The average Bonchev–Trinajstić information content (AvgIpc) is 3.37. The van der Waals surface area contributed by atoms with E-state index in [1.54, 1.807) is 0 Å². The Labute approximate surface area is 278 Å². The van der Waals surface area contributed by atoms with Gasteiger partial charge in [-0.25, -0.2) is 9.34 Å². The molecule has 1 aliphatic heterocycles. The maximum absolute atomic E-state index is 13.7. The van der Waals surface area contributed by atoms with E-state index < -0.39 is 7.67 Å². The molecule has 1 atom stereocenters. The summed E-state index contributed by atoms with van der Waals surface area (Å²) in [6.45, 7) is 7.86. The summed E-state index contributed by atoms with van der Waals surface area (Å²) in [4.78, 5) is 0. The monoisotopic (exact) mass is 641 g/mol. The van der Waals surface area contributed by atoms with Crippen LogP contribution in [-0.2, 0) is 9.09 Å². The van der Waals surface area contributed by atoms with Crippen molar-refractivity contribution >= 4 is 7.67 Å². The normalized spacial score (nSPS) is 17.4. The molecule has 264 valence electrons. The Morgan fingerprint density at radius 1 is 0.455 bits per heavy atom. The zero-order valence-corrected chi connectivity index (χ0v) is 31.5. The summed E-state index contributed by atoms with van der Waals surface area (Å²) in [5.74, 6) is 0. The first-order valence-corrected chi connectivity index (χ1v) is 21.9. The van der Waals surface area contributed by atoms with Crippen molar-refractivity contribution in [2.75, 3.05) is 33.3 Å². The molecule has 0 radical (unpaired) electrons. The van der Waals surface area contributed by atoms with Crippen LogP contribution in [0, 0.1) is 0 Å². The number of hydrogen-bond acceptors (Lipinski definition) is 2. The van der Waals surface area contributed by atoms with Crippen molar-refractivity contribution in [3.05, 3.63) is 0 Å². The van der Waals surface area contributed by atoms with Gasteiger partial charge in [0.15, 0.2) is 0 Å². The van der Waals surface area contributed by atoms with Gasteiger partial charge in [-0.15, -0.1) is 0 Å². The highest BCUT2D eigenvalue weighted by Crippen LogP contribution is 2.56. The average molecular weight is 641 g/mol. The lowest BCUT2D eigenvalue weighted by Gasteiger charge is -2.31. The summed E-state index contributed by atoms with van der Waals surface area (Å²) in [6.07, 6.45) is 44.5. The molecule has 0 spiro atoms. The van der Waals surface area contributed by atoms with Gasteiger partial charge in [-0.05, 0) is 19.9 Å². The number of unbranched alkanes of at least 4 members (excludes halogenated alkanes) is 30. The Hall–Kier alpha value is 0.110. The van der Waals surface area contributed by atoms with Crippen molar-refractivity contribution in [3.8, 4) is 0 Å². The second-order valence-electron chi connectivity index (χ2n) is 14.3. The first-order valence-electron chi connectivity index (χ1n) is 20.4. The lowest BCUT2D eigenvalue weighted by atomic mass is 10.0. The van der Waals surface area contributed by atoms with Crippen LogP contribution < -0.4 is 0 Å². The highest BCUT2D eigenvalue weighted by molar-refractivity contribution is 7.54. The van der Waals surface area contributed by atoms with Crippen LogP contribution >= 0.6 is 7.67 Å². The van der Waals surface area contributed by atoms with Crippen molar-refractivity contribution in [1.82, 2.24) is 9.34 Å². The fourth-order valence-electron chi connectivity index (χ4n) is 6.86. The van der Waals surface area contributed by atoms with E-state index in [4.69, 9.17) is 4.52 Å². The lowest BCUT2D eigenvalue weighted by molar-refractivity contribution is 0.278. The third-order valence-corrected chi connectivity index (χ3v) is 12.7. The Morgan fingerprint density at radius 2 is 0.705 bits per heavy atom. The molecular weight excluding hydrogens is 559 g/mol. The first kappa shape index (κ1) is 42.1. The molecule has 1 fully saturated rings. The van der Waals surface area contributed by atoms with E-state index >= 15 is 0 Å². The second kappa shape index (κ2) is 31.7. The highest BCUT2D eigenvalue weighted by Gasteiger charge is 2.40. The van der Waals surface area contributed by atoms with Crippen LogP contribution in [0.5, 0.6) is 0 Å². The summed E-state index contributed by atoms with van der Waals surface area (Å²) < 4.78 is 23.8. The Bertz CT molecular complexity index is 595. The van der Waals surface area contributed by atoms with Gasteiger partial charge in [0, 0.05) is 19.6 Å². The van der Waals surface area contributed by atoms with Crippen molar-refractivity contribution in [2.45, 2.75) is 219 Å². The van der Waals surface area contributed by atoms with E-state index in [1.165, 1.54) is 193 Å². The minimum absolute atomic E-state index is 0.613. The van der Waals surface area contributed by atoms with Gasteiger partial charge >= 0.3 is 7.67 Å².